The van der Waals surface area contributed by atoms with Gasteiger partial charge in [0, 0.05) is 10.8 Å². The smallest absolute Gasteiger partial charge is 0.407 e. The van der Waals surface area contributed by atoms with Gasteiger partial charge in [-0.05, 0) is 45.3 Å². The van der Waals surface area contributed by atoms with E-state index in [2.05, 4.69) is 0 Å². The summed E-state index contributed by atoms with van der Waals surface area (Å²) in [6, 6.07) is 0. The van der Waals surface area contributed by atoms with Gasteiger partial charge in [-0.25, -0.2) is 4.57 Å². The van der Waals surface area contributed by atoms with Crippen molar-refractivity contribution in [2.75, 3.05) is 19.5 Å². The topological polar surface area (TPSA) is 44.8 Å². The molecule has 0 N–H and O–H groups in total. The van der Waals surface area contributed by atoms with Crippen molar-refractivity contribution < 1.29 is 18.1 Å². The van der Waals surface area contributed by atoms with E-state index in [9.17, 15) is 4.57 Å². The van der Waals surface area contributed by atoms with Gasteiger partial charge in [0.25, 0.3) is 0 Å². The Balaban J connectivity index is 2.16. The summed E-state index contributed by atoms with van der Waals surface area (Å²) in [6.07, 6.45) is 5.53. The lowest BCUT2D eigenvalue weighted by Gasteiger charge is -2.23. The second kappa shape index (κ2) is 6.00. The van der Waals surface area contributed by atoms with Crippen LogP contribution in [0.4, 0.5) is 0 Å². The van der Waals surface area contributed by atoms with Crippen LogP contribution in [-0.2, 0) is 18.1 Å². The van der Waals surface area contributed by atoms with E-state index in [-0.39, 0.29) is 0 Å². The van der Waals surface area contributed by atoms with E-state index in [0.29, 0.717) is 25.0 Å². The first-order chi connectivity index (χ1) is 8.63. The van der Waals surface area contributed by atoms with Crippen LogP contribution in [0.25, 0.3) is 0 Å². The zero-order chi connectivity index (χ0) is 13.2. The summed E-state index contributed by atoms with van der Waals surface area (Å²) >= 11 is 1.70. The molecular formula is C12H21O4PS. The second-order valence-electron chi connectivity index (χ2n) is 4.51. The highest BCUT2D eigenvalue weighted by Gasteiger charge is 2.43. The molecule has 0 radical (unpaired) electrons. The van der Waals surface area contributed by atoms with Gasteiger partial charge < -0.3 is 4.52 Å². The fraction of sp³-hybridized carbons (Fsp3) is 0.833. The molecule has 0 heterocycles. The lowest BCUT2D eigenvalue weighted by Crippen LogP contribution is -2.07. The van der Waals surface area contributed by atoms with E-state index in [0.717, 1.165) is 18.6 Å². The Bertz CT molecular complexity index is 372. The number of fused-ring (bicyclic) bond motifs is 2. The van der Waals surface area contributed by atoms with Gasteiger partial charge in [0.05, 0.1) is 13.2 Å². The molecule has 2 rings (SSSR count). The maximum absolute atomic E-state index is 12.4. The summed E-state index contributed by atoms with van der Waals surface area (Å²) in [5.41, 5.74) is 0. The van der Waals surface area contributed by atoms with Crippen molar-refractivity contribution in [3.8, 4) is 0 Å². The minimum atomic E-state index is -3.42. The number of thioether (sulfide) groups is 1. The molecule has 0 unspecified atom stereocenters. The van der Waals surface area contributed by atoms with Gasteiger partial charge in [-0.15, -0.1) is 11.8 Å². The second-order valence-corrected chi connectivity index (χ2v) is 6.96. The van der Waals surface area contributed by atoms with Crippen LogP contribution in [0.1, 0.15) is 33.1 Å². The first-order valence-electron chi connectivity index (χ1n) is 6.50. The molecule has 6 heteroatoms. The summed E-state index contributed by atoms with van der Waals surface area (Å²) in [4.78, 5) is 1.24. The third-order valence-corrected chi connectivity index (χ3v) is 5.97. The molecule has 2 bridgehead atoms. The minimum Gasteiger partial charge on any atom is -0.407 e. The lowest BCUT2D eigenvalue weighted by molar-refractivity contribution is 0.137. The van der Waals surface area contributed by atoms with Gasteiger partial charge in [0.1, 0.15) is 5.76 Å². The maximum Gasteiger partial charge on any atom is 0.529 e. The Hall–Kier alpha value is 0.0400. The Morgan fingerprint density at radius 2 is 1.83 bits per heavy atom. The number of phosphoric acid groups is 1. The molecule has 1 fully saturated rings. The van der Waals surface area contributed by atoms with Crippen LogP contribution < -0.4 is 0 Å². The molecule has 2 atom stereocenters. The van der Waals surface area contributed by atoms with E-state index >= 15 is 0 Å². The van der Waals surface area contributed by atoms with Crippen LogP contribution in [-0.4, -0.2) is 19.5 Å². The highest BCUT2D eigenvalue weighted by Crippen LogP contribution is 2.59. The van der Waals surface area contributed by atoms with Crippen molar-refractivity contribution >= 4 is 19.6 Å². The molecule has 0 spiro atoms. The third-order valence-electron chi connectivity index (χ3n) is 3.42. The van der Waals surface area contributed by atoms with Crippen LogP contribution in [0.3, 0.4) is 0 Å². The Morgan fingerprint density at radius 1 is 1.22 bits per heavy atom. The quantitative estimate of drug-likeness (QED) is 0.658. The molecule has 0 saturated heterocycles. The fourth-order valence-electron chi connectivity index (χ4n) is 2.77. The van der Waals surface area contributed by atoms with E-state index in [1.165, 1.54) is 11.3 Å². The zero-order valence-corrected chi connectivity index (χ0v) is 12.9. The molecule has 18 heavy (non-hydrogen) atoms. The highest BCUT2D eigenvalue weighted by atomic mass is 32.2. The third kappa shape index (κ3) is 2.79. The van der Waals surface area contributed by atoms with Gasteiger partial charge in [-0.1, -0.05) is 0 Å². The van der Waals surface area contributed by atoms with Crippen molar-refractivity contribution in [3.05, 3.63) is 10.7 Å². The molecule has 2 aliphatic carbocycles. The summed E-state index contributed by atoms with van der Waals surface area (Å²) in [7, 11) is -3.42. The number of hydrogen-bond acceptors (Lipinski definition) is 5. The first kappa shape index (κ1) is 14.4. The van der Waals surface area contributed by atoms with E-state index in [4.69, 9.17) is 13.6 Å². The average molecular weight is 292 g/mol. The van der Waals surface area contributed by atoms with Gasteiger partial charge in [-0.2, -0.15) is 0 Å². The Labute approximate surface area is 113 Å². The summed E-state index contributed by atoms with van der Waals surface area (Å²) in [5, 5.41) is 0. The molecule has 1 saturated carbocycles. The molecule has 4 nitrogen and oxygen atoms in total. The summed E-state index contributed by atoms with van der Waals surface area (Å²) < 4.78 is 28.5. The molecule has 0 amide bonds. The van der Waals surface area contributed by atoms with Crippen LogP contribution in [0.5, 0.6) is 0 Å². The predicted molar refractivity (Wildman–Crippen MR) is 73.3 cm³/mol. The fourth-order valence-corrected chi connectivity index (χ4v) is 5.09. The molecule has 0 aromatic heterocycles. The normalized spacial score (nSPS) is 27.1. The summed E-state index contributed by atoms with van der Waals surface area (Å²) in [5.74, 6) is 1.87. The van der Waals surface area contributed by atoms with Crippen molar-refractivity contribution in [2.24, 2.45) is 11.8 Å². The predicted octanol–water partition coefficient (Wildman–Crippen LogP) is 4.19. The van der Waals surface area contributed by atoms with Gasteiger partial charge in [0.2, 0.25) is 0 Å². The molecule has 0 aliphatic heterocycles. The largest absolute Gasteiger partial charge is 0.529 e. The van der Waals surface area contributed by atoms with Crippen LogP contribution in [0, 0.1) is 11.8 Å². The van der Waals surface area contributed by atoms with Gasteiger partial charge in [0.15, 0.2) is 0 Å². The zero-order valence-electron chi connectivity index (χ0n) is 11.2. The van der Waals surface area contributed by atoms with Crippen molar-refractivity contribution in [2.45, 2.75) is 33.1 Å². The molecule has 104 valence electrons. The molecule has 2 aliphatic rings. The number of hydrogen-bond donors (Lipinski definition) is 0. The standard InChI is InChI=1S/C12H21O4PS/c1-4-14-17(13,15-5-2)16-11-9-6-7-10(8-9)12(11)18-3/h9-10H,4-8H2,1-3H3/t9-,10+/m1/s1. The number of phosphoric ester groups is 1. The van der Waals surface area contributed by atoms with Gasteiger partial charge in [-0.3, -0.25) is 9.05 Å². The monoisotopic (exact) mass is 292 g/mol. The SMILES string of the molecule is CCOP(=O)(OCC)OC1=C(SC)[C@H]2CC[C@@H]1C2. The van der Waals surface area contributed by atoms with Crippen molar-refractivity contribution in [1.29, 1.82) is 0 Å². The lowest BCUT2D eigenvalue weighted by atomic mass is 10.1. The minimum absolute atomic E-state index is 0.327. The first-order valence-corrected chi connectivity index (χ1v) is 9.18. The van der Waals surface area contributed by atoms with Crippen LogP contribution in [0.2, 0.25) is 0 Å². The maximum atomic E-state index is 12.4. The summed E-state index contributed by atoms with van der Waals surface area (Å²) in [6.45, 7) is 4.24. The van der Waals surface area contributed by atoms with Crippen molar-refractivity contribution in [3.63, 3.8) is 0 Å². The molecule has 0 aromatic rings. The Morgan fingerprint density at radius 3 is 2.39 bits per heavy atom. The van der Waals surface area contributed by atoms with E-state index < -0.39 is 7.82 Å². The highest BCUT2D eigenvalue weighted by molar-refractivity contribution is 8.02. The Kier molecular flexibility index (Phi) is 4.81. The van der Waals surface area contributed by atoms with E-state index in [1.807, 2.05) is 6.26 Å². The van der Waals surface area contributed by atoms with Crippen LogP contribution >= 0.6 is 19.6 Å². The van der Waals surface area contributed by atoms with E-state index in [1.54, 1.807) is 25.6 Å². The number of allylic oxidation sites excluding steroid dienone is 2. The molecule has 0 aromatic carbocycles. The molecular weight excluding hydrogens is 271 g/mol. The van der Waals surface area contributed by atoms with Crippen LogP contribution in [0.15, 0.2) is 10.7 Å². The average Bonchev–Trinajstić information content (AvgIpc) is 2.89. The van der Waals surface area contributed by atoms with Gasteiger partial charge >= 0.3 is 7.82 Å². The number of rotatable bonds is 7. The van der Waals surface area contributed by atoms with Crippen molar-refractivity contribution in [1.82, 2.24) is 0 Å².